The van der Waals surface area contributed by atoms with E-state index in [0.29, 0.717) is 0 Å². The van der Waals surface area contributed by atoms with Gasteiger partial charge in [-0.15, -0.1) is 11.3 Å². The Labute approximate surface area is 550 Å². The largest absolute Gasteiger partial charge is 0.135 e. The molecule has 0 fully saturated rings. The van der Waals surface area contributed by atoms with Crippen LogP contribution in [0.15, 0.2) is 279 Å². The topological polar surface area (TPSA) is 0 Å². The van der Waals surface area contributed by atoms with Crippen LogP contribution in [0.5, 0.6) is 0 Å². The van der Waals surface area contributed by atoms with Crippen LogP contribution in [0.1, 0.15) is 99.9 Å². The number of hydrogen-bond acceptors (Lipinski definition) is 1. The van der Waals surface area contributed by atoms with E-state index in [1.165, 1.54) is 186 Å². The highest BCUT2D eigenvalue weighted by atomic mass is 32.1. The van der Waals surface area contributed by atoms with Gasteiger partial charge in [0.2, 0.25) is 0 Å². The van der Waals surface area contributed by atoms with E-state index in [2.05, 4.69) is 334 Å². The summed E-state index contributed by atoms with van der Waals surface area (Å²) in [6.07, 6.45) is 0. The molecule has 0 radical (unpaired) electrons. The first kappa shape index (κ1) is 55.6. The van der Waals surface area contributed by atoms with Crippen LogP contribution in [0.25, 0.3) is 142 Å². The van der Waals surface area contributed by atoms with E-state index in [1.807, 2.05) is 11.3 Å². The summed E-state index contributed by atoms with van der Waals surface area (Å²) in [4.78, 5) is 0. The van der Waals surface area contributed by atoms with Gasteiger partial charge >= 0.3 is 0 Å². The Morgan fingerprint density at radius 2 is 0.516 bits per heavy atom. The zero-order chi connectivity index (χ0) is 62.9. The fraction of sp³-hybridized carbons (Fsp3) is 0.130. The van der Waals surface area contributed by atoms with Crippen molar-refractivity contribution in [2.24, 2.45) is 0 Å². The van der Waals surface area contributed by atoms with Gasteiger partial charge in [0.1, 0.15) is 0 Å². The maximum absolute atomic E-state index is 2.50. The molecule has 0 N–H and O–H groups in total. The third-order valence-electron chi connectivity index (χ3n) is 22.1. The van der Waals surface area contributed by atoms with Crippen LogP contribution >= 0.6 is 11.3 Å². The third-order valence-corrected chi connectivity index (χ3v) is 23.3. The summed E-state index contributed by atoms with van der Waals surface area (Å²) in [5, 5.41) is 7.75. The summed E-state index contributed by atoms with van der Waals surface area (Å²) in [6, 6.07) is 105. The van der Waals surface area contributed by atoms with E-state index in [-0.39, 0.29) is 21.7 Å². The van der Waals surface area contributed by atoms with Crippen molar-refractivity contribution in [1.29, 1.82) is 0 Å². The van der Waals surface area contributed by atoms with E-state index in [1.54, 1.807) is 0 Å². The van der Waals surface area contributed by atoms with Gasteiger partial charge in [-0.3, -0.25) is 0 Å². The molecule has 14 aromatic carbocycles. The number of hydrogen-bond donors (Lipinski definition) is 0. The van der Waals surface area contributed by atoms with Crippen LogP contribution in [0.2, 0.25) is 0 Å². The molecule has 0 amide bonds. The van der Waals surface area contributed by atoms with Crippen molar-refractivity contribution < 1.29 is 0 Å². The average Bonchev–Trinajstić information content (AvgIpc) is 1.55. The lowest BCUT2D eigenvalue weighted by molar-refractivity contribution is 0.652. The predicted octanol–water partition coefficient (Wildman–Crippen LogP) is 25.6. The zero-order valence-electron chi connectivity index (χ0n) is 54.0. The van der Waals surface area contributed by atoms with Gasteiger partial charge in [0.15, 0.2) is 0 Å². The summed E-state index contributed by atoms with van der Waals surface area (Å²) in [5.74, 6) is 0. The molecule has 0 aliphatic heterocycles. The minimum absolute atomic E-state index is 0.00346. The lowest BCUT2D eigenvalue weighted by Crippen LogP contribution is -2.17. The molecule has 4 aliphatic carbocycles. The molecule has 15 aromatic rings. The van der Waals surface area contributed by atoms with Crippen molar-refractivity contribution in [3.63, 3.8) is 0 Å². The Hall–Kier alpha value is -10.2. The Kier molecular flexibility index (Phi) is 12.1. The minimum atomic E-state index is -0.0843. The second-order valence-corrected chi connectivity index (χ2v) is 29.8. The Morgan fingerprint density at radius 1 is 0.194 bits per heavy atom. The van der Waals surface area contributed by atoms with Crippen molar-refractivity contribution in [2.75, 3.05) is 0 Å². The summed E-state index contributed by atoms with van der Waals surface area (Å²) in [5.41, 5.74) is 35.1. The molecule has 444 valence electrons. The van der Waals surface area contributed by atoms with Crippen molar-refractivity contribution in [2.45, 2.75) is 77.0 Å². The number of thiophene rings is 1. The van der Waals surface area contributed by atoms with Gasteiger partial charge in [-0.25, -0.2) is 0 Å². The first-order valence-corrected chi connectivity index (χ1v) is 33.9. The van der Waals surface area contributed by atoms with Crippen molar-refractivity contribution in [3.05, 3.63) is 324 Å². The van der Waals surface area contributed by atoms with Crippen LogP contribution in [0.4, 0.5) is 0 Å². The summed E-state index contributed by atoms with van der Waals surface area (Å²) < 4.78 is 2.71. The summed E-state index contributed by atoms with van der Waals surface area (Å²) >= 11 is 1.90. The molecular weight excluding hydrogens is 1140 g/mol. The molecule has 4 aliphatic rings. The van der Waals surface area contributed by atoms with Gasteiger partial charge < -0.3 is 0 Å². The standard InChI is InChI=1S/C50H38.C42H32S/c1-49(2)45-15-8-7-14-41(45)43-29-48-44(30-47(43)49)42-23-22-40(28-46(42)50(48,3)4)34-13-9-12-33(25-34)35-18-19-39-27-38(21-20-37(39)26-35)36-17-16-31-10-5-6-11-32(31)24-36;1-41(2)35-17-7-5-13-29(35)33-23-38-34(24-37(33)41)30-20-19-26(22-36(30)42(38,3)4)25-11-9-12-27(21-25)28-15-10-16-32-31-14-6-8-18-39(31)43-40(28)32/h5-30H,1-4H3;5-24H,1-4H3. The molecule has 0 bridgehead atoms. The fourth-order valence-electron chi connectivity index (χ4n) is 16.9. The van der Waals surface area contributed by atoms with E-state index in [4.69, 9.17) is 0 Å². The second kappa shape index (κ2) is 20.2. The van der Waals surface area contributed by atoms with Gasteiger partial charge in [0.05, 0.1) is 0 Å². The van der Waals surface area contributed by atoms with Crippen molar-refractivity contribution in [3.8, 4) is 100 Å². The molecule has 1 aromatic heterocycles. The molecule has 0 unspecified atom stereocenters. The number of fused-ring (bicyclic) bond motifs is 17. The van der Waals surface area contributed by atoms with Crippen LogP contribution < -0.4 is 0 Å². The Morgan fingerprint density at radius 3 is 1.03 bits per heavy atom. The van der Waals surface area contributed by atoms with Crippen LogP contribution in [0, 0.1) is 0 Å². The third kappa shape index (κ3) is 8.42. The molecule has 0 saturated carbocycles. The van der Waals surface area contributed by atoms with Crippen molar-refractivity contribution in [1.82, 2.24) is 0 Å². The molecule has 0 atom stereocenters. The fourth-order valence-corrected chi connectivity index (χ4v) is 18.1. The van der Waals surface area contributed by atoms with Crippen LogP contribution in [-0.2, 0) is 21.7 Å². The average molecular weight is 1210 g/mol. The van der Waals surface area contributed by atoms with Crippen LogP contribution in [0.3, 0.4) is 0 Å². The molecule has 19 rings (SSSR count). The Bertz CT molecular complexity index is 5690. The van der Waals surface area contributed by atoms with E-state index >= 15 is 0 Å². The van der Waals surface area contributed by atoms with Crippen molar-refractivity contribution >= 4 is 53.1 Å². The van der Waals surface area contributed by atoms with E-state index < -0.39 is 0 Å². The second-order valence-electron chi connectivity index (χ2n) is 28.8. The van der Waals surface area contributed by atoms with E-state index in [9.17, 15) is 0 Å². The normalized spacial score (nSPS) is 15.0. The highest BCUT2D eigenvalue weighted by Gasteiger charge is 2.43. The van der Waals surface area contributed by atoms with E-state index in [0.717, 1.165) is 0 Å². The smallest absolute Gasteiger partial charge is 0.0433 e. The van der Waals surface area contributed by atoms with Gasteiger partial charge in [-0.1, -0.05) is 262 Å². The van der Waals surface area contributed by atoms with Gasteiger partial charge in [-0.2, -0.15) is 0 Å². The lowest BCUT2D eigenvalue weighted by atomic mass is 9.79. The predicted molar refractivity (Wildman–Crippen MR) is 398 cm³/mol. The molecule has 0 saturated heterocycles. The molecule has 1 heteroatoms. The first-order chi connectivity index (χ1) is 45.1. The molecule has 1 heterocycles. The Balaban J connectivity index is 0.000000138. The monoisotopic (exact) mass is 1210 g/mol. The zero-order valence-corrected chi connectivity index (χ0v) is 54.8. The molecular formula is C92H70S. The quantitative estimate of drug-likeness (QED) is 0.161. The SMILES string of the molecule is CC1(C)c2ccccc2-c2cc3c(cc21)-c1ccc(-c2cccc(-c4ccc5cc(-c6ccc7ccccc7c6)ccc5c4)c2)cc1C3(C)C.CC1(C)c2ccccc2-c2cc3c(cc21)-c1ccc(-c2cccc(-c4cccc5c4sc4ccccc45)c2)cc1C3(C)C. The highest BCUT2D eigenvalue weighted by molar-refractivity contribution is 7.26. The molecule has 0 nitrogen and oxygen atoms in total. The van der Waals surface area contributed by atoms with Gasteiger partial charge in [-0.05, 0) is 239 Å². The highest BCUT2D eigenvalue weighted by Crippen LogP contribution is 2.59. The maximum atomic E-state index is 2.50. The lowest BCUT2D eigenvalue weighted by Gasteiger charge is -2.24. The van der Waals surface area contributed by atoms with Gasteiger partial charge in [0.25, 0.3) is 0 Å². The molecule has 0 spiro atoms. The maximum Gasteiger partial charge on any atom is 0.0433 e. The van der Waals surface area contributed by atoms with Crippen LogP contribution in [-0.4, -0.2) is 0 Å². The van der Waals surface area contributed by atoms with Gasteiger partial charge in [0, 0.05) is 41.8 Å². The number of benzene rings is 14. The summed E-state index contributed by atoms with van der Waals surface area (Å²) in [7, 11) is 0. The number of rotatable bonds is 5. The summed E-state index contributed by atoms with van der Waals surface area (Å²) in [6.45, 7) is 19.1. The molecule has 93 heavy (non-hydrogen) atoms. The first-order valence-electron chi connectivity index (χ1n) is 33.1. The minimum Gasteiger partial charge on any atom is -0.135 e.